The first kappa shape index (κ1) is 21.2. The van der Waals surface area contributed by atoms with Crippen LogP contribution in [0, 0.1) is 6.92 Å². The highest BCUT2D eigenvalue weighted by molar-refractivity contribution is 14.0. The Labute approximate surface area is 163 Å². The highest BCUT2D eigenvalue weighted by atomic mass is 127. The lowest BCUT2D eigenvalue weighted by Gasteiger charge is -2.29. The molecule has 2 N–H and O–H groups in total. The van der Waals surface area contributed by atoms with Gasteiger partial charge in [0.25, 0.3) is 0 Å². The Balaban J connectivity index is 0.00000288. The molecule has 1 fully saturated rings. The van der Waals surface area contributed by atoms with E-state index in [1.807, 2.05) is 7.05 Å². The monoisotopic (exact) mass is 445 g/mol. The van der Waals surface area contributed by atoms with Crippen molar-refractivity contribution in [1.29, 1.82) is 0 Å². The number of rotatable bonds is 5. The molecule has 0 radical (unpaired) electrons. The van der Waals surface area contributed by atoms with Crippen molar-refractivity contribution in [3.05, 3.63) is 35.4 Å². The number of benzene rings is 1. The summed E-state index contributed by atoms with van der Waals surface area (Å²) < 4.78 is 5.82. The van der Waals surface area contributed by atoms with Gasteiger partial charge in [-0.25, -0.2) is 0 Å². The summed E-state index contributed by atoms with van der Waals surface area (Å²) in [6.07, 6.45) is 2.25. The van der Waals surface area contributed by atoms with Crippen molar-refractivity contribution >= 4 is 29.9 Å². The normalized spacial score (nSPS) is 21.3. The molecule has 1 saturated heterocycles. The molecule has 0 aromatic heterocycles. The summed E-state index contributed by atoms with van der Waals surface area (Å²) in [5, 5.41) is 6.86. The molecule has 1 aromatic carbocycles. The van der Waals surface area contributed by atoms with Gasteiger partial charge in [-0.15, -0.1) is 24.0 Å². The molecule has 1 aromatic rings. The van der Waals surface area contributed by atoms with Gasteiger partial charge in [-0.05, 0) is 37.8 Å². The summed E-state index contributed by atoms with van der Waals surface area (Å²) in [5.74, 6) is 0.836. The van der Waals surface area contributed by atoms with Gasteiger partial charge >= 0.3 is 0 Å². The first-order valence-electron chi connectivity index (χ1n) is 8.51. The van der Waals surface area contributed by atoms with Gasteiger partial charge in [0.2, 0.25) is 0 Å². The SMILES string of the molecule is CN=C(NCC1(C)CCCO1)NCC(C)(C)c1ccccc1C.I. The average molecular weight is 445 g/mol. The molecule has 1 unspecified atom stereocenters. The number of hydrogen-bond acceptors (Lipinski definition) is 2. The van der Waals surface area contributed by atoms with Crippen LogP contribution in [0.4, 0.5) is 0 Å². The molecule has 4 nitrogen and oxygen atoms in total. The summed E-state index contributed by atoms with van der Waals surface area (Å²) in [7, 11) is 1.81. The largest absolute Gasteiger partial charge is 0.373 e. The zero-order chi connectivity index (χ0) is 16.9. The highest BCUT2D eigenvalue weighted by Gasteiger charge is 2.30. The molecular weight excluding hydrogens is 413 g/mol. The molecule has 0 spiro atoms. The second-order valence-corrected chi connectivity index (χ2v) is 7.38. The quantitative estimate of drug-likeness (QED) is 0.414. The Morgan fingerprint density at radius 1 is 1.29 bits per heavy atom. The predicted octanol–water partition coefficient (Wildman–Crippen LogP) is 3.62. The molecule has 0 saturated carbocycles. The fourth-order valence-electron chi connectivity index (χ4n) is 3.20. The Morgan fingerprint density at radius 3 is 2.58 bits per heavy atom. The molecule has 1 aliphatic heterocycles. The maximum atomic E-state index is 5.82. The van der Waals surface area contributed by atoms with Crippen molar-refractivity contribution in [2.24, 2.45) is 4.99 Å². The van der Waals surface area contributed by atoms with Crippen LogP contribution < -0.4 is 10.6 Å². The summed E-state index contributed by atoms with van der Waals surface area (Å²) in [4.78, 5) is 4.34. The molecule has 5 heteroatoms. The molecule has 2 rings (SSSR count). The lowest BCUT2D eigenvalue weighted by atomic mass is 9.82. The van der Waals surface area contributed by atoms with E-state index in [9.17, 15) is 0 Å². The van der Waals surface area contributed by atoms with E-state index in [0.29, 0.717) is 0 Å². The number of hydrogen-bond donors (Lipinski definition) is 2. The number of aliphatic imine (C=N–C) groups is 1. The molecule has 1 atom stereocenters. The topological polar surface area (TPSA) is 45.7 Å². The van der Waals surface area contributed by atoms with Crippen LogP contribution in [-0.2, 0) is 10.2 Å². The molecule has 0 aliphatic carbocycles. The summed E-state index contributed by atoms with van der Waals surface area (Å²) >= 11 is 0. The van der Waals surface area contributed by atoms with Crippen molar-refractivity contribution in [2.75, 3.05) is 26.7 Å². The number of guanidine groups is 1. The fourth-order valence-corrected chi connectivity index (χ4v) is 3.20. The number of aryl methyl sites for hydroxylation is 1. The van der Waals surface area contributed by atoms with E-state index in [-0.39, 0.29) is 35.0 Å². The van der Waals surface area contributed by atoms with E-state index < -0.39 is 0 Å². The van der Waals surface area contributed by atoms with Crippen molar-refractivity contribution in [3.63, 3.8) is 0 Å². The van der Waals surface area contributed by atoms with Gasteiger partial charge in [-0.2, -0.15) is 0 Å². The van der Waals surface area contributed by atoms with Crippen molar-refractivity contribution in [1.82, 2.24) is 10.6 Å². The third kappa shape index (κ3) is 5.62. The zero-order valence-corrected chi connectivity index (χ0v) is 17.9. The molecule has 1 aliphatic rings. The lowest BCUT2D eigenvalue weighted by Crippen LogP contribution is -2.48. The van der Waals surface area contributed by atoms with E-state index in [1.54, 1.807) is 0 Å². The van der Waals surface area contributed by atoms with Crippen LogP contribution in [-0.4, -0.2) is 38.3 Å². The molecular formula is C19H32IN3O. The minimum Gasteiger partial charge on any atom is -0.373 e. The second-order valence-electron chi connectivity index (χ2n) is 7.38. The van der Waals surface area contributed by atoms with E-state index >= 15 is 0 Å². The Bertz CT molecular complexity index is 551. The van der Waals surface area contributed by atoms with Crippen LogP contribution in [0.2, 0.25) is 0 Å². The Hall–Kier alpha value is -0.820. The first-order chi connectivity index (χ1) is 10.9. The van der Waals surface area contributed by atoms with Gasteiger partial charge in [0, 0.05) is 32.2 Å². The van der Waals surface area contributed by atoms with Crippen LogP contribution in [0.5, 0.6) is 0 Å². The zero-order valence-electron chi connectivity index (χ0n) is 15.6. The summed E-state index contributed by atoms with van der Waals surface area (Å²) in [5.41, 5.74) is 2.67. The van der Waals surface area contributed by atoms with Crippen molar-refractivity contribution in [2.45, 2.75) is 51.6 Å². The van der Waals surface area contributed by atoms with Gasteiger partial charge in [-0.1, -0.05) is 38.1 Å². The van der Waals surface area contributed by atoms with Crippen molar-refractivity contribution < 1.29 is 4.74 Å². The number of nitrogens with zero attached hydrogens (tertiary/aromatic N) is 1. The van der Waals surface area contributed by atoms with Gasteiger partial charge in [0.15, 0.2) is 5.96 Å². The van der Waals surface area contributed by atoms with E-state index in [2.05, 4.69) is 67.6 Å². The second kappa shape index (κ2) is 9.04. The first-order valence-corrected chi connectivity index (χ1v) is 8.51. The Kier molecular flexibility index (Phi) is 7.99. The molecule has 0 amide bonds. The van der Waals surface area contributed by atoms with Crippen LogP contribution in [0.15, 0.2) is 29.3 Å². The number of nitrogens with one attached hydrogen (secondary N) is 2. The van der Waals surface area contributed by atoms with Gasteiger partial charge in [-0.3, -0.25) is 4.99 Å². The highest BCUT2D eigenvalue weighted by Crippen LogP contribution is 2.25. The summed E-state index contributed by atoms with van der Waals surface area (Å²) in [6.45, 7) is 11.3. The maximum Gasteiger partial charge on any atom is 0.191 e. The van der Waals surface area contributed by atoms with Crippen LogP contribution in [0.3, 0.4) is 0 Å². The van der Waals surface area contributed by atoms with Crippen LogP contribution in [0.1, 0.15) is 44.7 Å². The lowest BCUT2D eigenvalue weighted by molar-refractivity contribution is 0.0242. The maximum absolute atomic E-state index is 5.82. The van der Waals surface area contributed by atoms with Gasteiger partial charge in [0.1, 0.15) is 0 Å². The minimum atomic E-state index is -0.0663. The third-order valence-electron chi connectivity index (χ3n) is 4.73. The molecule has 0 bridgehead atoms. The fraction of sp³-hybridized carbons (Fsp3) is 0.632. The average Bonchev–Trinajstić information content (AvgIpc) is 2.95. The standard InChI is InChI=1S/C19H31N3O.HI/c1-15-9-6-7-10-16(15)18(2,3)13-21-17(20-5)22-14-19(4)11-8-12-23-19;/h6-7,9-10H,8,11-14H2,1-5H3,(H2,20,21,22);1H. The Morgan fingerprint density at radius 2 is 2.00 bits per heavy atom. The number of ether oxygens (including phenoxy) is 1. The molecule has 1 heterocycles. The minimum absolute atomic E-state index is 0. The predicted molar refractivity (Wildman–Crippen MR) is 113 cm³/mol. The molecule has 136 valence electrons. The van der Waals surface area contributed by atoms with Crippen LogP contribution >= 0.6 is 24.0 Å². The van der Waals surface area contributed by atoms with Crippen LogP contribution in [0.25, 0.3) is 0 Å². The number of halogens is 1. The molecule has 24 heavy (non-hydrogen) atoms. The smallest absolute Gasteiger partial charge is 0.191 e. The van der Waals surface area contributed by atoms with E-state index in [4.69, 9.17) is 4.74 Å². The van der Waals surface area contributed by atoms with Gasteiger partial charge < -0.3 is 15.4 Å². The third-order valence-corrected chi connectivity index (χ3v) is 4.73. The van der Waals surface area contributed by atoms with E-state index in [0.717, 1.165) is 38.5 Å². The van der Waals surface area contributed by atoms with E-state index in [1.165, 1.54) is 11.1 Å². The summed E-state index contributed by atoms with van der Waals surface area (Å²) in [6, 6.07) is 8.57. The van der Waals surface area contributed by atoms with Crippen molar-refractivity contribution in [3.8, 4) is 0 Å². The van der Waals surface area contributed by atoms with Gasteiger partial charge in [0.05, 0.1) is 5.60 Å².